The standard InChI is InChI=1S/C12H16N5O15P3/c1-2-28-12(19)9-8-10(17(20)14-9)11(18)16(15-13-8)7-4-3-6(30-7)5-29-34(24,25)32-35(26,27)31-33(21,22)23/h3-4,6-7,20H,2,5H2,1H3,(H,24,25)(H,26,27)(H2,21,22,23). The molecule has 1 aliphatic rings. The molecule has 35 heavy (non-hydrogen) atoms. The van der Waals surface area contributed by atoms with Gasteiger partial charge in [0.15, 0.2) is 17.3 Å². The van der Waals surface area contributed by atoms with Crippen LogP contribution in [0.25, 0.3) is 11.0 Å². The number of aromatic nitrogens is 5. The molecule has 5 N–H and O–H groups in total. The second kappa shape index (κ2) is 10.1. The highest BCUT2D eigenvalue weighted by atomic mass is 31.3. The predicted octanol–water partition coefficient (Wildman–Crippen LogP) is -0.949. The van der Waals surface area contributed by atoms with Crippen LogP contribution < -0.4 is 5.56 Å². The SMILES string of the molecule is CCOC(=O)c1nn(O)c2c(=O)n(C3[CH][CH]C(COP(=O)(O)OP(=O)(O)OP(=O)(O)O)O3)nnc12. The summed E-state index contributed by atoms with van der Waals surface area (Å²) < 4.78 is 56.1. The Labute approximate surface area is 193 Å². The van der Waals surface area contributed by atoms with Crippen LogP contribution in [0.15, 0.2) is 4.79 Å². The number of fused-ring (bicyclic) bond motifs is 1. The van der Waals surface area contributed by atoms with E-state index in [-0.39, 0.29) is 17.0 Å². The third-order valence-corrected chi connectivity index (χ3v) is 7.63. The average molecular weight is 563 g/mol. The Bertz CT molecular complexity index is 1320. The Morgan fingerprint density at radius 3 is 2.46 bits per heavy atom. The number of carbonyl (C=O) groups excluding carboxylic acids is 1. The van der Waals surface area contributed by atoms with Gasteiger partial charge in [-0.15, -0.1) is 10.2 Å². The number of esters is 1. The number of hydrogen-bond donors (Lipinski definition) is 5. The van der Waals surface area contributed by atoms with Crippen molar-refractivity contribution in [3.05, 3.63) is 28.9 Å². The first kappa shape index (κ1) is 27.5. The largest absolute Gasteiger partial charge is 0.490 e. The molecule has 0 aromatic carbocycles. The van der Waals surface area contributed by atoms with Crippen molar-refractivity contribution in [1.29, 1.82) is 0 Å². The molecule has 0 saturated carbocycles. The molecular formula is C12H16N5O15P3. The third kappa shape index (κ3) is 6.78. The van der Waals surface area contributed by atoms with Gasteiger partial charge in [0.25, 0.3) is 0 Å². The van der Waals surface area contributed by atoms with Crippen LogP contribution in [0.5, 0.6) is 0 Å². The van der Waals surface area contributed by atoms with Crippen molar-refractivity contribution in [2.24, 2.45) is 0 Å². The van der Waals surface area contributed by atoms with Gasteiger partial charge in [-0.2, -0.15) is 13.3 Å². The summed E-state index contributed by atoms with van der Waals surface area (Å²) >= 11 is 0. The quantitative estimate of drug-likeness (QED) is 0.132. The summed E-state index contributed by atoms with van der Waals surface area (Å²) in [5.41, 5.74) is -2.34. The molecule has 4 atom stereocenters. The molecule has 194 valence electrons. The third-order valence-electron chi connectivity index (χ3n) is 3.83. The molecule has 2 aromatic rings. The minimum atomic E-state index is -5.69. The maximum Gasteiger partial charge on any atom is 0.490 e. The van der Waals surface area contributed by atoms with E-state index in [4.69, 9.17) is 24.2 Å². The summed E-state index contributed by atoms with van der Waals surface area (Å²) in [5.74, 6) is -0.958. The van der Waals surface area contributed by atoms with Gasteiger partial charge in [-0.05, 0) is 6.92 Å². The Balaban J connectivity index is 1.69. The second-order valence-corrected chi connectivity index (χ2v) is 10.8. The first-order valence-corrected chi connectivity index (χ1v) is 13.5. The van der Waals surface area contributed by atoms with E-state index < -0.39 is 65.1 Å². The predicted molar refractivity (Wildman–Crippen MR) is 105 cm³/mol. The van der Waals surface area contributed by atoms with Crippen molar-refractivity contribution in [1.82, 2.24) is 24.9 Å². The summed E-state index contributed by atoms with van der Waals surface area (Å²) in [5, 5.41) is 20.7. The van der Waals surface area contributed by atoms with Crippen molar-refractivity contribution in [2.45, 2.75) is 19.3 Å². The highest BCUT2D eigenvalue weighted by Crippen LogP contribution is 2.66. The number of ether oxygens (including phenoxy) is 2. The summed E-state index contributed by atoms with van der Waals surface area (Å²) in [7, 11) is -16.6. The lowest BCUT2D eigenvalue weighted by molar-refractivity contribution is -0.0169. The first-order chi connectivity index (χ1) is 16.1. The Hall–Kier alpha value is -2.08. The number of rotatable bonds is 10. The van der Waals surface area contributed by atoms with E-state index in [1.54, 1.807) is 0 Å². The van der Waals surface area contributed by atoms with E-state index in [2.05, 4.69) is 28.6 Å². The second-order valence-electron chi connectivity index (χ2n) is 6.33. The number of phosphoric acid groups is 3. The molecule has 1 fully saturated rings. The van der Waals surface area contributed by atoms with Gasteiger partial charge < -0.3 is 34.3 Å². The molecule has 0 spiro atoms. The normalized spacial score (nSPS) is 22.1. The minimum absolute atomic E-state index is 0.00829. The lowest BCUT2D eigenvalue weighted by atomic mass is 10.2. The highest BCUT2D eigenvalue weighted by molar-refractivity contribution is 7.66. The Morgan fingerprint density at radius 1 is 1.14 bits per heavy atom. The van der Waals surface area contributed by atoms with Gasteiger partial charge in [0.05, 0.1) is 19.3 Å². The molecule has 3 rings (SSSR count). The van der Waals surface area contributed by atoms with Gasteiger partial charge in [-0.3, -0.25) is 9.32 Å². The van der Waals surface area contributed by atoms with Crippen LogP contribution in [0.2, 0.25) is 0 Å². The fourth-order valence-electron chi connectivity index (χ4n) is 2.62. The molecule has 20 nitrogen and oxygen atoms in total. The summed E-state index contributed by atoms with van der Waals surface area (Å²) in [6.45, 7) is 0.705. The Morgan fingerprint density at radius 2 is 1.83 bits per heavy atom. The molecule has 1 aliphatic heterocycles. The van der Waals surface area contributed by atoms with Gasteiger partial charge in [0, 0.05) is 12.8 Å². The van der Waals surface area contributed by atoms with Gasteiger partial charge in [0.1, 0.15) is 0 Å². The van der Waals surface area contributed by atoms with Crippen LogP contribution >= 0.6 is 23.5 Å². The molecule has 1 saturated heterocycles. The topological polar surface area (TPSA) is 281 Å². The highest BCUT2D eigenvalue weighted by Gasteiger charge is 2.41. The zero-order chi connectivity index (χ0) is 26.2. The molecule has 0 bridgehead atoms. The summed E-state index contributed by atoms with van der Waals surface area (Å²) in [4.78, 5) is 60.4. The molecule has 2 radical (unpaired) electrons. The van der Waals surface area contributed by atoms with Crippen molar-refractivity contribution in [3.8, 4) is 0 Å². The molecule has 0 amide bonds. The molecule has 4 unspecified atom stereocenters. The van der Waals surface area contributed by atoms with E-state index in [9.17, 15) is 33.4 Å². The van der Waals surface area contributed by atoms with Crippen LogP contribution in [0.4, 0.5) is 0 Å². The summed E-state index contributed by atoms with van der Waals surface area (Å²) in [6.07, 6.45) is 0.0175. The van der Waals surface area contributed by atoms with Crippen LogP contribution in [-0.2, 0) is 36.3 Å². The fourth-order valence-corrected chi connectivity index (χ4v) is 5.65. The van der Waals surface area contributed by atoms with E-state index in [1.165, 1.54) is 19.8 Å². The zero-order valence-electron chi connectivity index (χ0n) is 17.1. The number of phosphoric ester groups is 1. The number of nitrogens with zero attached hydrogens (tertiary/aromatic N) is 5. The van der Waals surface area contributed by atoms with Gasteiger partial charge in [0.2, 0.25) is 5.69 Å². The van der Waals surface area contributed by atoms with Crippen LogP contribution in [0.1, 0.15) is 23.6 Å². The molecular weight excluding hydrogens is 547 g/mol. The zero-order valence-corrected chi connectivity index (χ0v) is 19.8. The van der Waals surface area contributed by atoms with Crippen LogP contribution in [-0.4, -0.2) is 75.0 Å². The maximum absolute atomic E-state index is 12.7. The summed E-state index contributed by atoms with van der Waals surface area (Å²) in [6, 6.07) is 0. The molecule has 2 aromatic heterocycles. The van der Waals surface area contributed by atoms with Crippen molar-refractivity contribution in [2.75, 3.05) is 13.2 Å². The maximum atomic E-state index is 12.7. The number of hydrogen-bond acceptors (Lipinski definition) is 14. The van der Waals surface area contributed by atoms with Gasteiger partial charge in [-0.25, -0.2) is 18.5 Å². The Kier molecular flexibility index (Phi) is 7.95. The van der Waals surface area contributed by atoms with E-state index in [0.29, 0.717) is 4.68 Å². The van der Waals surface area contributed by atoms with Crippen molar-refractivity contribution < 1.29 is 65.9 Å². The van der Waals surface area contributed by atoms with E-state index >= 15 is 0 Å². The van der Waals surface area contributed by atoms with E-state index in [0.717, 1.165) is 0 Å². The van der Waals surface area contributed by atoms with Crippen LogP contribution in [0.3, 0.4) is 0 Å². The smallest absolute Gasteiger partial charge is 0.461 e. The molecule has 0 aliphatic carbocycles. The van der Waals surface area contributed by atoms with Gasteiger partial charge >= 0.3 is 35.0 Å². The lowest BCUT2D eigenvalue weighted by Gasteiger charge is -2.18. The first-order valence-electron chi connectivity index (χ1n) is 8.99. The fraction of sp³-hybridized carbons (Fsp3) is 0.417. The molecule has 3 heterocycles. The minimum Gasteiger partial charge on any atom is -0.461 e. The van der Waals surface area contributed by atoms with E-state index in [1.807, 2.05) is 0 Å². The van der Waals surface area contributed by atoms with Crippen molar-refractivity contribution >= 4 is 40.5 Å². The van der Waals surface area contributed by atoms with Crippen LogP contribution in [0, 0.1) is 12.8 Å². The number of carbonyl (C=O) groups is 1. The average Bonchev–Trinajstić information content (AvgIpc) is 3.29. The lowest BCUT2D eigenvalue weighted by Crippen LogP contribution is -2.30. The monoisotopic (exact) mass is 563 g/mol. The van der Waals surface area contributed by atoms with Gasteiger partial charge in [-0.1, -0.05) is 10.1 Å². The molecule has 23 heteroatoms. The van der Waals surface area contributed by atoms with Crippen molar-refractivity contribution in [3.63, 3.8) is 0 Å².